The van der Waals surface area contributed by atoms with E-state index in [0.717, 1.165) is 56.1 Å². The second-order valence-electron chi connectivity index (χ2n) is 8.09. The lowest BCUT2D eigenvalue weighted by molar-refractivity contribution is 0.0888. The minimum absolute atomic E-state index is 0.163. The molecule has 0 aliphatic carbocycles. The number of hydrogen-bond acceptors (Lipinski definition) is 5. The Labute approximate surface area is 180 Å². The maximum Gasteiger partial charge on any atom is 0.409 e. The lowest BCUT2D eigenvalue weighted by Gasteiger charge is -2.40. The van der Waals surface area contributed by atoms with Gasteiger partial charge in [0.15, 0.2) is 0 Å². The first-order valence-corrected chi connectivity index (χ1v) is 11.4. The average Bonchev–Trinajstić information content (AvgIpc) is 3.10. The molecule has 3 heterocycles. The molecule has 0 bridgehead atoms. The maximum absolute atomic E-state index is 14.0. The van der Waals surface area contributed by atoms with Gasteiger partial charge in [0.05, 0.1) is 6.54 Å². The second-order valence-corrected chi connectivity index (χ2v) is 9.17. The van der Waals surface area contributed by atoms with Gasteiger partial charge in [0.25, 0.3) is 0 Å². The van der Waals surface area contributed by atoms with E-state index in [2.05, 4.69) is 34.1 Å². The van der Waals surface area contributed by atoms with Crippen LogP contribution in [0, 0.1) is 5.82 Å². The Balaban J connectivity index is 1.28. The highest BCUT2D eigenvalue weighted by Gasteiger charge is 2.30. The van der Waals surface area contributed by atoms with Crippen LogP contribution in [0.5, 0.6) is 0 Å². The number of benzene rings is 2. The van der Waals surface area contributed by atoms with Crippen LogP contribution in [-0.2, 0) is 11.2 Å². The van der Waals surface area contributed by atoms with Gasteiger partial charge in [-0.25, -0.2) is 9.18 Å². The van der Waals surface area contributed by atoms with Crippen molar-refractivity contribution >= 4 is 17.9 Å². The summed E-state index contributed by atoms with van der Waals surface area (Å²) in [6.07, 6.45) is 0.642. The number of carbonyl (C=O) groups excluding carboxylic acids is 1. The molecule has 3 aliphatic rings. The van der Waals surface area contributed by atoms with Gasteiger partial charge >= 0.3 is 6.09 Å². The maximum atomic E-state index is 14.0. The largest absolute Gasteiger partial charge is 0.448 e. The number of carbonyl (C=O) groups is 1. The fourth-order valence-corrected chi connectivity index (χ4v) is 5.72. The summed E-state index contributed by atoms with van der Waals surface area (Å²) in [4.78, 5) is 20.8. The Morgan fingerprint density at radius 2 is 1.83 bits per heavy atom. The van der Waals surface area contributed by atoms with Crippen LogP contribution in [0.15, 0.2) is 52.3 Å². The van der Waals surface area contributed by atoms with Crippen LogP contribution in [0.2, 0.25) is 0 Å². The Morgan fingerprint density at radius 3 is 2.63 bits per heavy atom. The van der Waals surface area contributed by atoms with Gasteiger partial charge in [0.1, 0.15) is 12.4 Å². The predicted octanol–water partition coefficient (Wildman–Crippen LogP) is 3.64. The fourth-order valence-electron chi connectivity index (χ4n) is 4.61. The number of fused-ring (bicyclic) bond motifs is 2. The summed E-state index contributed by atoms with van der Waals surface area (Å²) >= 11 is 1.75. The molecule has 7 heteroatoms. The van der Waals surface area contributed by atoms with E-state index in [1.807, 2.05) is 6.07 Å². The van der Waals surface area contributed by atoms with Crippen LogP contribution in [0.4, 0.5) is 9.18 Å². The topological polar surface area (TPSA) is 36.0 Å². The predicted molar refractivity (Wildman–Crippen MR) is 114 cm³/mol. The van der Waals surface area contributed by atoms with Crippen LogP contribution >= 0.6 is 11.8 Å². The second kappa shape index (κ2) is 8.57. The van der Waals surface area contributed by atoms with Crippen molar-refractivity contribution in [2.24, 2.45) is 0 Å². The molecule has 5 rings (SSSR count). The Hall–Kier alpha value is -2.09. The zero-order valence-corrected chi connectivity index (χ0v) is 17.7. The van der Waals surface area contributed by atoms with E-state index in [1.54, 1.807) is 28.8 Å². The summed E-state index contributed by atoms with van der Waals surface area (Å²) in [5, 5.41) is 0. The van der Waals surface area contributed by atoms with E-state index >= 15 is 0 Å². The molecule has 2 saturated heterocycles. The molecule has 1 atom stereocenters. The zero-order valence-electron chi connectivity index (χ0n) is 16.9. The van der Waals surface area contributed by atoms with E-state index in [9.17, 15) is 9.18 Å². The Morgan fingerprint density at radius 1 is 1.00 bits per heavy atom. The SMILES string of the molecule is O=C1OCCN1CCN1CCN(C2Cc3cc(F)ccc3Sc3ccccc32)CC1. The molecule has 158 valence electrons. The average molecular weight is 428 g/mol. The quantitative estimate of drug-likeness (QED) is 0.745. The van der Waals surface area contributed by atoms with Crippen molar-refractivity contribution in [2.45, 2.75) is 22.3 Å². The third-order valence-corrected chi connectivity index (χ3v) is 7.52. The van der Waals surface area contributed by atoms with Crippen LogP contribution in [-0.4, -0.2) is 73.2 Å². The van der Waals surface area contributed by atoms with E-state index < -0.39 is 0 Å². The fraction of sp³-hybridized carbons (Fsp3) is 0.435. The number of halogens is 1. The minimum atomic E-state index is -0.188. The number of ether oxygens (including phenoxy) is 1. The van der Waals surface area contributed by atoms with Crippen molar-refractivity contribution in [2.75, 3.05) is 52.4 Å². The molecule has 2 aromatic rings. The van der Waals surface area contributed by atoms with Crippen molar-refractivity contribution in [1.29, 1.82) is 0 Å². The first kappa shape index (κ1) is 19.8. The Bertz CT molecular complexity index is 932. The summed E-state index contributed by atoms with van der Waals surface area (Å²) in [5.74, 6) is -0.163. The monoisotopic (exact) mass is 427 g/mol. The van der Waals surface area contributed by atoms with Crippen molar-refractivity contribution in [3.05, 3.63) is 59.4 Å². The third kappa shape index (κ3) is 4.06. The summed E-state index contributed by atoms with van der Waals surface area (Å²) < 4.78 is 19.0. The van der Waals surface area contributed by atoms with Gasteiger partial charge < -0.3 is 9.64 Å². The van der Waals surface area contributed by atoms with Crippen LogP contribution in [0.25, 0.3) is 0 Å². The smallest absolute Gasteiger partial charge is 0.409 e. The van der Waals surface area contributed by atoms with E-state index in [4.69, 9.17) is 4.74 Å². The summed E-state index contributed by atoms with van der Waals surface area (Å²) in [7, 11) is 0. The van der Waals surface area contributed by atoms with E-state index in [1.165, 1.54) is 10.5 Å². The molecule has 0 spiro atoms. The molecule has 2 fully saturated rings. The number of cyclic esters (lactones) is 1. The van der Waals surface area contributed by atoms with Crippen LogP contribution in [0.1, 0.15) is 17.2 Å². The number of piperazine rings is 1. The zero-order chi connectivity index (χ0) is 20.5. The first-order chi connectivity index (χ1) is 14.7. The summed E-state index contributed by atoms with van der Waals surface area (Å²) in [6.45, 7) is 6.72. The lowest BCUT2D eigenvalue weighted by atomic mass is 9.96. The number of rotatable bonds is 4. The molecule has 30 heavy (non-hydrogen) atoms. The van der Waals surface area contributed by atoms with Gasteiger partial charge in [0.2, 0.25) is 0 Å². The molecule has 5 nitrogen and oxygen atoms in total. The highest BCUT2D eigenvalue weighted by atomic mass is 32.2. The van der Waals surface area contributed by atoms with Crippen molar-refractivity contribution in [3.63, 3.8) is 0 Å². The van der Waals surface area contributed by atoms with Gasteiger partial charge in [-0.05, 0) is 41.8 Å². The van der Waals surface area contributed by atoms with Crippen molar-refractivity contribution in [1.82, 2.24) is 14.7 Å². The minimum Gasteiger partial charge on any atom is -0.448 e. The molecule has 2 aromatic carbocycles. The molecule has 3 aliphatic heterocycles. The van der Waals surface area contributed by atoms with E-state index in [-0.39, 0.29) is 18.0 Å². The highest BCUT2D eigenvalue weighted by molar-refractivity contribution is 7.99. The number of hydrogen-bond donors (Lipinski definition) is 0. The van der Waals surface area contributed by atoms with Crippen molar-refractivity contribution in [3.8, 4) is 0 Å². The van der Waals surface area contributed by atoms with Gasteiger partial charge in [-0.15, -0.1) is 0 Å². The van der Waals surface area contributed by atoms with Crippen LogP contribution < -0.4 is 0 Å². The third-order valence-electron chi connectivity index (χ3n) is 6.31. The lowest BCUT2D eigenvalue weighted by Crippen LogP contribution is -2.49. The highest BCUT2D eigenvalue weighted by Crippen LogP contribution is 2.43. The molecule has 0 saturated carbocycles. The molecule has 1 amide bonds. The first-order valence-electron chi connectivity index (χ1n) is 10.6. The molecule has 0 radical (unpaired) electrons. The van der Waals surface area contributed by atoms with Gasteiger partial charge in [-0.1, -0.05) is 30.0 Å². The molecular weight excluding hydrogens is 401 g/mol. The van der Waals surface area contributed by atoms with Gasteiger partial charge in [-0.3, -0.25) is 9.80 Å². The van der Waals surface area contributed by atoms with Gasteiger partial charge in [0, 0.05) is 55.1 Å². The number of nitrogens with zero attached hydrogens (tertiary/aromatic N) is 3. The van der Waals surface area contributed by atoms with Gasteiger partial charge in [-0.2, -0.15) is 0 Å². The molecular formula is C23H26FN3O2S. The molecule has 0 aromatic heterocycles. The van der Waals surface area contributed by atoms with E-state index in [0.29, 0.717) is 13.2 Å². The summed E-state index contributed by atoms with van der Waals surface area (Å²) in [6, 6.07) is 14.0. The molecule has 0 N–H and O–H groups in total. The Kier molecular flexibility index (Phi) is 5.67. The number of amides is 1. The van der Waals surface area contributed by atoms with Crippen LogP contribution in [0.3, 0.4) is 0 Å². The normalized spacial score (nSPS) is 22.4. The standard InChI is InChI=1S/C23H26FN3O2S/c24-18-5-6-21-17(15-18)16-20(19-3-1-2-4-22(19)30-21)26-10-7-25(8-11-26)9-12-27-13-14-29-23(27)28/h1-6,15,20H,7-14,16H2. The summed E-state index contributed by atoms with van der Waals surface area (Å²) in [5.41, 5.74) is 2.43. The van der Waals surface area contributed by atoms with Crippen molar-refractivity contribution < 1.29 is 13.9 Å². The molecule has 1 unspecified atom stereocenters.